The summed E-state index contributed by atoms with van der Waals surface area (Å²) in [6.45, 7) is 15.1. The molecule has 1 fully saturated rings. The van der Waals surface area contributed by atoms with E-state index in [1.54, 1.807) is 12.2 Å². The fourth-order valence-corrected chi connectivity index (χ4v) is 4.94. The Morgan fingerprint density at radius 3 is 2.66 bits per heavy atom. The Hall–Kier alpha value is -2.47. The van der Waals surface area contributed by atoms with Crippen LogP contribution in [-0.4, -0.2) is 40.0 Å². The van der Waals surface area contributed by atoms with Gasteiger partial charge in [-0.05, 0) is 81.6 Å². The molecule has 29 heavy (non-hydrogen) atoms. The summed E-state index contributed by atoms with van der Waals surface area (Å²) in [4.78, 5) is 29.0. The molecule has 1 aromatic carbocycles. The first kappa shape index (κ1) is 21.2. The second-order valence-corrected chi connectivity index (χ2v) is 9.11. The molecular weight excluding hydrogens is 382 g/mol. The summed E-state index contributed by atoms with van der Waals surface area (Å²) < 4.78 is 0. The van der Waals surface area contributed by atoms with Gasteiger partial charge in [0, 0.05) is 23.8 Å². The van der Waals surface area contributed by atoms with Crippen molar-refractivity contribution in [2.75, 3.05) is 11.4 Å². The predicted molar refractivity (Wildman–Crippen MR) is 122 cm³/mol. The topological polar surface area (TPSA) is 52.7 Å². The second kappa shape index (κ2) is 7.75. The molecule has 2 amide bonds. The molecule has 0 bridgehead atoms. The van der Waals surface area contributed by atoms with Crippen LogP contribution in [0.1, 0.15) is 58.1 Å². The maximum Gasteiger partial charge on any atom is 0.265 e. The zero-order valence-electron chi connectivity index (χ0n) is 17.8. The van der Waals surface area contributed by atoms with Gasteiger partial charge in [-0.15, -0.1) is 6.58 Å². The highest BCUT2D eigenvalue weighted by molar-refractivity contribution is 7.80. The van der Waals surface area contributed by atoms with E-state index < -0.39 is 11.8 Å². The summed E-state index contributed by atoms with van der Waals surface area (Å²) in [5.74, 6) is -0.473. The number of fused-ring (bicyclic) bond motifs is 1. The third kappa shape index (κ3) is 3.86. The van der Waals surface area contributed by atoms with Crippen molar-refractivity contribution in [2.24, 2.45) is 0 Å². The number of thiocarbonyl (C=S) groups is 1. The smallest absolute Gasteiger partial charge is 0.265 e. The van der Waals surface area contributed by atoms with Gasteiger partial charge in [-0.1, -0.05) is 19.1 Å². The lowest BCUT2D eigenvalue weighted by molar-refractivity contribution is -0.128. The molecule has 2 heterocycles. The average Bonchev–Trinajstić information content (AvgIpc) is 2.61. The van der Waals surface area contributed by atoms with E-state index >= 15 is 0 Å². The lowest BCUT2D eigenvalue weighted by atomic mass is 9.78. The van der Waals surface area contributed by atoms with Crippen LogP contribution < -0.4 is 10.2 Å². The van der Waals surface area contributed by atoms with Gasteiger partial charge < -0.3 is 4.90 Å². The molecule has 1 atom stereocenters. The molecule has 0 saturated carbocycles. The monoisotopic (exact) mass is 411 g/mol. The zero-order valence-corrected chi connectivity index (χ0v) is 18.6. The van der Waals surface area contributed by atoms with Crippen LogP contribution in [0.3, 0.4) is 0 Å². The molecule has 1 N–H and O–H groups in total. The van der Waals surface area contributed by atoms with E-state index in [0.717, 1.165) is 12.0 Å². The molecule has 6 heteroatoms. The molecule has 0 spiro atoms. The first-order valence-corrected chi connectivity index (χ1v) is 10.4. The van der Waals surface area contributed by atoms with Crippen LogP contribution in [-0.2, 0) is 9.59 Å². The Labute approximate surface area is 178 Å². The number of amides is 2. The third-order valence-corrected chi connectivity index (χ3v) is 5.95. The summed E-state index contributed by atoms with van der Waals surface area (Å²) in [5, 5.41) is 2.71. The van der Waals surface area contributed by atoms with Crippen LogP contribution in [0.25, 0.3) is 6.08 Å². The fraction of sp³-hybridized carbons (Fsp3) is 0.435. The molecule has 1 aromatic rings. The lowest BCUT2D eigenvalue weighted by Gasteiger charge is -2.50. The van der Waals surface area contributed by atoms with Crippen LogP contribution in [0.2, 0.25) is 0 Å². The van der Waals surface area contributed by atoms with Gasteiger partial charge >= 0.3 is 0 Å². The highest BCUT2D eigenvalue weighted by atomic mass is 32.1. The van der Waals surface area contributed by atoms with Gasteiger partial charge in [-0.3, -0.25) is 19.8 Å². The number of hydrogen-bond donors (Lipinski definition) is 1. The molecular formula is C23H29N3O2S. The molecule has 5 nitrogen and oxygen atoms in total. The largest absolute Gasteiger partial charge is 0.364 e. The Morgan fingerprint density at radius 2 is 2.03 bits per heavy atom. The van der Waals surface area contributed by atoms with Crippen LogP contribution in [0.4, 0.5) is 5.69 Å². The Morgan fingerprint density at radius 1 is 1.34 bits per heavy atom. The van der Waals surface area contributed by atoms with Crippen molar-refractivity contribution in [1.29, 1.82) is 0 Å². The number of anilines is 1. The quantitative estimate of drug-likeness (QED) is 0.352. The maximum absolute atomic E-state index is 12.8. The minimum Gasteiger partial charge on any atom is -0.364 e. The minimum absolute atomic E-state index is 0.0701. The first-order valence-electron chi connectivity index (χ1n) is 10.00. The van der Waals surface area contributed by atoms with E-state index in [-0.39, 0.29) is 22.8 Å². The summed E-state index contributed by atoms with van der Waals surface area (Å²) in [5.41, 5.74) is 3.46. The van der Waals surface area contributed by atoms with Crippen LogP contribution >= 0.6 is 12.2 Å². The van der Waals surface area contributed by atoms with Crippen molar-refractivity contribution in [1.82, 2.24) is 10.2 Å². The Kier molecular flexibility index (Phi) is 5.68. The average molecular weight is 412 g/mol. The summed E-state index contributed by atoms with van der Waals surface area (Å²) in [6.07, 6.45) is 4.28. The molecule has 0 aromatic heterocycles. The van der Waals surface area contributed by atoms with E-state index in [1.165, 1.54) is 16.2 Å². The van der Waals surface area contributed by atoms with Gasteiger partial charge in [0.1, 0.15) is 5.57 Å². The van der Waals surface area contributed by atoms with Crippen LogP contribution in [0, 0.1) is 0 Å². The van der Waals surface area contributed by atoms with Crippen molar-refractivity contribution in [3.8, 4) is 0 Å². The van der Waals surface area contributed by atoms with Crippen molar-refractivity contribution in [3.05, 3.63) is 47.6 Å². The molecule has 2 aliphatic heterocycles. The van der Waals surface area contributed by atoms with Gasteiger partial charge in [0.2, 0.25) is 0 Å². The van der Waals surface area contributed by atoms with E-state index in [2.05, 4.69) is 63.5 Å². The van der Waals surface area contributed by atoms with Crippen LogP contribution in [0.15, 0.2) is 36.4 Å². The van der Waals surface area contributed by atoms with Gasteiger partial charge in [-0.25, -0.2) is 0 Å². The summed E-state index contributed by atoms with van der Waals surface area (Å²) in [6, 6.07) is 6.56. The van der Waals surface area contributed by atoms with Gasteiger partial charge in [-0.2, -0.15) is 0 Å². The van der Waals surface area contributed by atoms with Crippen molar-refractivity contribution in [3.63, 3.8) is 0 Å². The standard InChI is InChI=1S/C23H29N3O2S/c1-7-10-25-21(28)18(20(27)24-22(25)29)12-16-8-9-19-17(11-16)15(4)13-23(5,6)26(19)14(2)3/h7-9,11-12,14-15H,1,10,13H2,2-6H3,(H,24,27,29)/b18-12-/t15-/m0/s1. The SMILES string of the molecule is C=CCN1C(=O)/C(=C\c2ccc3c(c2)[C@@H](C)CC(C)(C)N3C(C)C)C(=O)NC1=S. The number of hydrogen-bond acceptors (Lipinski definition) is 4. The number of carbonyl (C=O) groups is 2. The lowest BCUT2D eigenvalue weighted by Crippen LogP contribution is -2.53. The third-order valence-electron chi connectivity index (χ3n) is 5.62. The normalized spacial score (nSPS) is 22.8. The predicted octanol–water partition coefficient (Wildman–Crippen LogP) is 4.00. The number of carbonyl (C=O) groups excluding carboxylic acids is 2. The highest BCUT2D eigenvalue weighted by Crippen LogP contribution is 2.44. The molecule has 2 aliphatic rings. The number of nitrogens with zero attached hydrogens (tertiary/aromatic N) is 2. The maximum atomic E-state index is 12.8. The molecule has 3 rings (SSSR count). The van der Waals surface area contributed by atoms with Crippen molar-refractivity contribution in [2.45, 2.75) is 58.5 Å². The second-order valence-electron chi connectivity index (χ2n) is 8.72. The zero-order chi connectivity index (χ0) is 21.5. The highest BCUT2D eigenvalue weighted by Gasteiger charge is 2.38. The molecule has 0 unspecified atom stereocenters. The molecule has 0 aliphatic carbocycles. The molecule has 154 valence electrons. The van der Waals surface area contributed by atoms with Crippen LogP contribution in [0.5, 0.6) is 0 Å². The summed E-state index contributed by atoms with van der Waals surface area (Å²) >= 11 is 5.11. The first-order chi connectivity index (χ1) is 13.6. The Bertz CT molecular complexity index is 917. The van der Waals surface area contributed by atoms with Gasteiger partial charge in [0.15, 0.2) is 5.11 Å². The van der Waals surface area contributed by atoms with E-state index in [0.29, 0.717) is 12.0 Å². The van der Waals surface area contributed by atoms with Gasteiger partial charge in [0.25, 0.3) is 11.8 Å². The van der Waals surface area contributed by atoms with E-state index in [1.807, 2.05) is 6.07 Å². The number of benzene rings is 1. The fourth-order valence-electron chi connectivity index (χ4n) is 4.69. The minimum atomic E-state index is -0.462. The number of rotatable bonds is 4. The Balaban J connectivity index is 2.02. The van der Waals surface area contributed by atoms with E-state index in [9.17, 15) is 9.59 Å². The number of nitrogens with one attached hydrogen (secondary N) is 1. The van der Waals surface area contributed by atoms with Crippen molar-refractivity contribution < 1.29 is 9.59 Å². The van der Waals surface area contributed by atoms with E-state index in [4.69, 9.17) is 12.2 Å². The van der Waals surface area contributed by atoms with Gasteiger partial charge in [0.05, 0.1) is 0 Å². The molecule has 1 saturated heterocycles. The van der Waals surface area contributed by atoms with Crippen molar-refractivity contribution >= 4 is 40.9 Å². The summed E-state index contributed by atoms with van der Waals surface area (Å²) in [7, 11) is 0. The molecule has 0 radical (unpaired) electrons.